The molecule has 2 aliphatic carbocycles. The largest absolute Gasteiger partial charge is 0.324 e. The standard InChI is InChI=1S/C36H32.C17H20N2.C13H12.C12H18.C2H4/c1-3-15-27-16-13-14-21-30(27)32-25-33-31-22-11-6-12-23-34(31)36(35(33)24-26(32)2,28-17-7-4-8-18-28)29-19-9-5-10-20-29;1-3-12(2)17(18)19-15-10-6-4-8-13(15)14-9-5-7-11-16(14)19;1-11-7-9-13(10-8-11)12-5-3-2-4-6-12;1-4-10(2)8-12-7-5-6-11(3)9-12;1-2/h4-14,16-22,24-25H,3,15,23H2,1-2H3;4-12,17H,3,18H2,1-2H3;2-10H,1H3;5-7,9-10H,4,8H2,1-3H3;1-2H2. The SMILES string of the molecule is C=C.CCC(C)C(N)n1c2ccccc2c2ccccc21.CCC(C)Cc1cccc(C)c1.CCCc1ccccc1-c1cc2c(cc1C)C(c1ccccc1)(c1ccccc1)C1=C2C=CC=CC1.Cc1ccc(-c2ccccc2)cc1. The van der Waals surface area contributed by atoms with Gasteiger partial charge in [0.05, 0.1) is 22.6 Å². The van der Waals surface area contributed by atoms with Crippen molar-refractivity contribution in [2.45, 2.75) is 105 Å². The number of aryl methyl sites for hydroxylation is 4. The van der Waals surface area contributed by atoms with Gasteiger partial charge in [0, 0.05) is 10.8 Å². The fourth-order valence-electron chi connectivity index (χ4n) is 11.9. The molecule has 0 fully saturated rings. The maximum Gasteiger partial charge on any atom is 0.0846 e. The number of hydrogen-bond donors (Lipinski definition) is 1. The van der Waals surface area contributed by atoms with E-state index in [1.807, 2.05) is 6.07 Å². The molecule has 3 unspecified atom stereocenters. The third-order valence-corrected chi connectivity index (χ3v) is 16.6. The fourth-order valence-corrected chi connectivity index (χ4v) is 11.9. The Morgan fingerprint density at radius 2 is 1.09 bits per heavy atom. The number of aromatic nitrogens is 1. The molecular weight excluding hydrogens is 989 g/mol. The minimum Gasteiger partial charge on any atom is -0.324 e. The minimum atomic E-state index is -0.307. The number of nitrogens with zero attached hydrogens (tertiary/aromatic N) is 1. The Kier molecular flexibility index (Phi) is 21.1. The molecule has 0 bridgehead atoms. The molecule has 1 heterocycles. The van der Waals surface area contributed by atoms with Gasteiger partial charge in [0.1, 0.15) is 0 Å². The smallest absolute Gasteiger partial charge is 0.0846 e. The first kappa shape index (κ1) is 59.8. The summed E-state index contributed by atoms with van der Waals surface area (Å²) in [5.41, 5.74) is 29.1. The summed E-state index contributed by atoms with van der Waals surface area (Å²) in [7, 11) is 0. The third-order valence-electron chi connectivity index (χ3n) is 16.6. The van der Waals surface area contributed by atoms with Crippen molar-refractivity contribution in [1.29, 1.82) is 0 Å². The first-order valence-electron chi connectivity index (χ1n) is 29.9. The zero-order chi connectivity index (χ0) is 58.0. The maximum absolute atomic E-state index is 6.49. The second-order valence-corrected chi connectivity index (χ2v) is 22.2. The molecule has 9 aromatic carbocycles. The Morgan fingerprint density at radius 3 is 1.67 bits per heavy atom. The van der Waals surface area contributed by atoms with Crippen LogP contribution in [0.5, 0.6) is 0 Å². The van der Waals surface area contributed by atoms with Crippen LogP contribution in [0.15, 0.2) is 267 Å². The van der Waals surface area contributed by atoms with Crippen molar-refractivity contribution in [2.75, 3.05) is 0 Å². The zero-order valence-electron chi connectivity index (χ0n) is 50.1. The van der Waals surface area contributed by atoms with Crippen LogP contribution in [-0.2, 0) is 18.3 Å². The van der Waals surface area contributed by atoms with Crippen LogP contribution >= 0.6 is 0 Å². The predicted octanol–water partition coefficient (Wildman–Crippen LogP) is 21.6. The summed E-state index contributed by atoms with van der Waals surface area (Å²) in [5, 5.41) is 2.58. The van der Waals surface area contributed by atoms with E-state index in [0.717, 1.165) is 31.6 Å². The highest BCUT2D eigenvalue weighted by molar-refractivity contribution is 6.08. The molecule has 0 saturated carbocycles. The van der Waals surface area contributed by atoms with Gasteiger partial charge in [0.15, 0.2) is 0 Å². The average molecular weight is 1080 g/mol. The van der Waals surface area contributed by atoms with Gasteiger partial charge >= 0.3 is 0 Å². The second-order valence-electron chi connectivity index (χ2n) is 22.2. The Morgan fingerprint density at radius 1 is 0.524 bits per heavy atom. The lowest BCUT2D eigenvalue weighted by atomic mass is 9.66. The lowest BCUT2D eigenvalue weighted by Crippen LogP contribution is -2.30. The van der Waals surface area contributed by atoms with Crippen molar-refractivity contribution >= 4 is 27.4 Å². The topological polar surface area (TPSA) is 30.9 Å². The van der Waals surface area contributed by atoms with Gasteiger partial charge in [-0.3, -0.25) is 0 Å². The Bertz CT molecular complexity index is 3630. The number of para-hydroxylation sites is 2. The van der Waals surface area contributed by atoms with E-state index in [1.54, 1.807) is 0 Å². The number of benzene rings is 9. The van der Waals surface area contributed by atoms with Crippen molar-refractivity contribution in [3.05, 3.63) is 318 Å². The summed E-state index contributed by atoms with van der Waals surface area (Å²) in [6, 6.07) is 81.0. The normalized spacial score (nSPS) is 13.8. The number of rotatable bonds is 12. The van der Waals surface area contributed by atoms with Crippen molar-refractivity contribution in [1.82, 2.24) is 4.57 Å². The molecule has 0 saturated heterocycles. The van der Waals surface area contributed by atoms with E-state index in [9.17, 15) is 0 Å². The van der Waals surface area contributed by atoms with Gasteiger partial charge in [-0.15, -0.1) is 13.2 Å². The van der Waals surface area contributed by atoms with Gasteiger partial charge in [-0.25, -0.2) is 0 Å². The molecule has 0 amide bonds. The van der Waals surface area contributed by atoms with Crippen LogP contribution in [0.2, 0.25) is 0 Å². The van der Waals surface area contributed by atoms with Crippen LogP contribution in [0.25, 0.3) is 49.6 Å². The van der Waals surface area contributed by atoms with Gasteiger partial charge in [-0.05, 0) is 142 Å². The van der Waals surface area contributed by atoms with E-state index in [1.165, 1.54) is 118 Å². The summed E-state index contributed by atoms with van der Waals surface area (Å²) in [6.07, 6.45) is 15.8. The minimum absolute atomic E-state index is 0.0230. The lowest BCUT2D eigenvalue weighted by Gasteiger charge is -2.36. The lowest BCUT2D eigenvalue weighted by molar-refractivity contribution is 0.369. The molecule has 82 heavy (non-hydrogen) atoms. The zero-order valence-corrected chi connectivity index (χ0v) is 50.1. The third kappa shape index (κ3) is 13.4. The molecule has 3 atom stereocenters. The second kappa shape index (κ2) is 28.9. The molecule has 416 valence electrons. The Hall–Kier alpha value is -8.30. The Balaban J connectivity index is 0.000000159. The monoisotopic (exact) mass is 1070 g/mol. The van der Waals surface area contributed by atoms with E-state index in [-0.39, 0.29) is 11.6 Å². The summed E-state index contributed by atoms with van der Waals surface area (Å²) < 4.78 is 2.29. The molecule has 0 spiro atoms. The van der Waals surface area contributed by atoms with E-state index in [4.69, 9.17) is 5.73 Å². The molecular formula is C80H86N2. The number of hydrogen-bond acceptors (Lipinski definition) is 1. The molecule has 2 N–H and O–H groups in total. The number of fused-ring (bicyclic) bond motifs is 5. The van der Waals surface area contributed by atoms with E-state index in [0.29, 0.717) is 5.92 Å². The summed E-state index contributed by atoms with van der Waals surface area (Å²) in [6.45, 7) is 23.8. The number of allylic oxidation sites excluding steroid dienone is 6. The summed E-state index contributed by atoms with van der Waals surface area (Å²) >= 11 is 0. The van der Waals surface area contributed by atoms with Gasteiger partial charge < -0.3 is 10.3 Å². The molecule has 2 heteroatoms. The summed E-state index contributed by atoms with van der Waals surface area (Å²) in [5.74, 6) is 1.27. The average Bonchev–Trinajstić information content (AvgIpc) is 2.03. The molecule has 2 nitrogen and oxygen atoms in total. The maximum atomic E-state index is 6.49. The van der Waals surface area contributed by atoms with E-state index < -0.39 is 0 Å². The highest BCUT2D eigenvalue weighted by Gasteiger charge is 2.47. The highest BCUT2D eigenvalue weighted by Crippen LogP contribution is 2.57. The van der Waals surface area contributed by atoms with E-state index >= 15 is 0 Å². The van der Waals surface area contributed by atoms with Crippen molar-refractivity contribution in [3.8, 4) is 22.3 Å². The molecule has 0 aliphatic heterocycles. The molecule has 0 radical (unpaired) electrons. The van der Waals surface area contributed by atoms with Crippen molar-refractivity contribution in [2.24, 2.45) is 17.6 Å². The van der Waals surface area contributed by atoms with Gasteiger partial charge in [-0.1, -0.05) is 296 Å². The van der Waals surface area contributed by atoms with Gasteiger partial charge in [0.25, 0.3) is 0 Å². The first-order valence-corrected chi connectivity index (χ1v) is 29.9. The number of nitrogens with two attached hydrogens (primary N) is 1. The summed E-state index contributed by atoms with van der Waals surface area (Å²) in [4.78, 5) is 0. The van der Waals surface area contributed by atoms with Crippen LogP contribution in [0, 0.1) is 32.6 Å². The van der Waals surface area contributed by atoms with Gasteiger partial charge in [0.2, 0.25) is 0 Å². The molecule has 2 aliphatic rings. The molecule has 10 aromatic rings. The van der Waals surface area contributed by atoms with E-state index in [2.05, 4.69) is 316 Å². The van der Waals surface area contributed by atoms with Gasteiger partial charge in [-0.2, -0.15) is 0 Å². The predicted molar refractivity (Wildman–Crippen MR) is 358 cm³/mol. The molecule has 12 rings (SSSR count). The van der Waals surface area contributed by atoms with Crippen LogP contribution in [-0.4, -0.2) is 4.57 Å². The van der Waals surface area contributed by atoms with Crippen molar-refractivity contribution in [3.63, 3.8) is 0 Å². The van der Waals surface area contributed by atoms with Crippen molar-refractivity contribution < 1.29 is 0 Å². The molecule has 1 aromatic heterocycles. The van der Waals surface area contributed by atoms with Crippen LogP contribution < -0.4 is 5.73 Å². The Labute approximate surface area is 492 Å². The quantitative estimate of drug-likeness (QED) is 0.121. The van der Waals surface area contributed by atoms with Crippen LogP contribution in [0.4, 0.5) is 0 Å². The highest BCUT2D eigenvalue weighted by atomic mass is 15.1. The van der Waals surface area contributed by atoms with Crippen LogP contribution in [0.1, 0.15) is 117 Å². The fraction of sp³-hybridized carbons (Fsp3) is 0.225. The first-order chi connectivity index (χ1) is 40.1. The van der Waals surface area contributed by atoms with Crippen LogP contribution in [0.3, 0.4) is 0 Å².